The molecule has 1 aromatic rings. The summed E-state index contributed by atoms with van der Waals surface area (Å²) >= 11 is 0. The maximum absolute atomic E-state index is 13.8. The van der Waals surface area contributed by atoms with Crippen LogP contribution in [0.4, 0.5) is 0 Å². The van der Waals surface area contributed by atoms with Crippen molar-refractivity contribution in [2.45, 2.75) is 146 Å². The minimum absolute atomic E-state index is 0.0892. The minimum atomic E-state index is -2.03. The van der Waals surface area contributed by atoms with Gasteiger partial charge in [0.25, 0.3) is 0 Å². The molecule has 0 aliphatic rings. The first kappa shape index (κ1) is 62.8. The van der Waals surface area contributed by atoms with Crippen LogP contribution in [-0.2, 0) is 73.5 Å². The Morgan fingerprint density at radius 2 is 0.795 bits per heavy atom. The first-order chi connectivity index (χ1) is 34.1. The van der Waals surface area contributed by atoms with E-state index in [0.717, 1.165) is 0 Å². The van der Waals surface area contributed by atoms with Crippen molar-refractivity contribution >= 4 is 83.0 Å². The third kappa shape index (κ3) is 24.9. The SMILES string of the molecule is CC[C@H](C)[C@H](NC(=O)[C@@H](N)Cc1ccccc1)C(=O)N[C@@H](CCC(=O)O)C(=O)N[C@@H](CC(N)=O)C(=O)N[C@@H](CCC(=O)O)C(=O)N[C@@H](CCC(=O)O)C(=O)N[C@@H](CCC(N)=O)C(=O)N[C@@H](CCC(=O)O)C(=O)O. The zero-order valence-electron chi connectivity index (χ0n) is 40.0. The molecule has 0 heterocycles. The molecule has 29 heteroatoms. The van der Waals surface area contributed by atoms with Gasteiger partial charge in [-0.3, -0.25) is 62.3 Å². The molecule has 0 saturated carbocycles. The standard InChI is InChI=1S/C44H64N10O19/c1-3-21(2)36(54-37(65)23(45)19-22-7-5-4-6-8-22)43(71)51-27(12-17-34(61)62)41(69)53-29(20-31(47)56)42(70)50-26(11-16-33(59)60)39(67)49-25(10-15-32(57)58)38(66)48-24(9-14-30(46)55)40(68)52-28(44(72)73)13-18-35(63)64/h4-8,21,23-29,36H,3,9-20,45H2,1-2H3,(H2,46,55)(H2,47,56)(H,48,66)(H,49,67)(H,50,70)(H,51,71)(H,52,68)(H,53,69)(H,54,65)(H,57,58)(H,59,60)(H,61,62)(H,63,64)(H,72,73)/t21-,23-,24-,25-,26-,27-,28-,29-,36-/m0/s1. The smallest absolute Gasteiger partial charge is 0.326 e. The maximum Gasteiger partial charge on any atom is 0.326 e. The number of nitrogens with two attached hydrogens (primary N) is 3. The summed E-state index contributed by atoms with van der Waals surface area (Å²) in [6, 6.07) is -5.14. The zero-order valence-corrected chi connectivity index (χ0v) is 40.0. The summed E-state index contributed by atoms with van der Waals surface area (Å²) < 4.78 is 0. The van der Waals surface area contributed by atoms with E-state index in [2.05, 4.69) is 31.9 Å². The summed E-state index contributed by atoms with van der Waals surface area (Å²) in [5, 5.41) is 62.2. The fourth-order valence-corrected chi connectivity index (χ4v) is 6.65. The van der Waals surface area contributed by atoms with E-state index in [1.54, 1.807) is 44.2 Å². The average Bonchev–Trinajstić information content (AvgIpc) is 3.30. The quantitative estimate of drug-likeness (QED) is 0.0302. The number of hydrogen-bond donors (Lipinski definition) is 15. The van der Waals surface area contributed by atoms with Crippen LogP contribution in [-0.4, -0.2) is 157 Å². The van der Waals surface area contributed by atoms with Crippen molar-refractivity contribution in [3.63, 3.8) is 0 Å². The van der Waals surface area contributed by atoms with Crippen LogP contribution in [0.25, 0.3) is 0 Å². The van der Waals surface area contributed by atoms with Gasteiger partial charge in [0.2, 0.25) is 53.2 Å². The summed E-state index contributed by atoms with van der Waals surface area (Å²) in [4.78, 5) is 177. The minimum Gasteiger partial charge on any atom is -0.481 e. The van der Waals surface area contributed by atoms with Crippen molar-refractivity contribution in [3.8, 4) is 0 Å². The summed E-state index contributed by atoms with van der Waals surface area (Å²) in [6.45, 7) is 3.29. The molecule has 18 N–H and O–H groups in total. The van der Waals surface area contributed by atoms with E-state index >= 15 is 0 Å². The highest BCUT2D eigenvalue weighted by atomic mass is 16.4. The van der Waals surface area contributed by atoms with E-state index in [0.29, 0.717) is 12.0 Å². The van der Waals surface area contributed by atoms with Crippen LogP contribution in [0.5, 0.6) is 0 Å². The normalized spacial score (nSPS) is 14.5. The second kappa shape index (κ2) is 31.9. The summed E-state index contributed by atoms with van der Waals surface area (Å²) in [5.41, 5.74) is 17.4. The lowest BCUT2D eigenvalue weighted by Gasteiger charge is -2.28. The van der Waals surface area contributed by atoms with Gasteiger partial charge in [-0.15, -0.1) is 0 Å². The number of benzene rings is 1. The van der Waals surface area contributed by atoms with E-state index < -0.39 is 208 Å². The molecule has 0 spiro atoms. The second-order valence-electron chi connectivity index (χ2n) is 16.8. The van der Waals surface area contributed by atoms with Crippen molar-refractivity contribution < 1.29 is 92.7 Å². The van der Waals surface area contributed by atoms with Crippen LogP contribution in [0.2, 0.25) is 0 Å². The first-order valence-corrected chi connectivity index (χ1v) is 22.7. The van der Waals surface area contributed by atoms with Crippen molar-refractivity contribution in [3.05, 3.63) is 35.9 Å². The van der Waals surface area contributed by atoms with E-state index in [1.165, 1.54) is 0 Å². The van der Waals surface area contributed by atoms with Crippen molar-refractivity contribution in [1.29, 1.82) is 0 Å². The number of carbonyl (C=O) groups is 14. The number of hydrogen-bond acceptors (Lipinski definition) is 15. The third-order valence-corrected chi connectivity index (χ3v) is 10.9. The van der Waals surface area contributed by atoms with Crippen LogP contribution in [0.15, 0.2) is 30.3 Å². The van der Waals surface area contributed by atoms with Gasteiger partial charge in [-0.2, -0.15) is 0 Å². The molecule has 404 valence electrons. The second-order valence-corrected chi connectivity index (χ2v) is 16.8. The molecule has 0 unspecified atom stereocenters. The van der Waals surface area contributed by atoms with Gasteiger partial charge in [0.05, 0.1) is 12.5 Å². The number of carboxylic acid groups (broad SMARTS) is 5. The van der Waals surface area contributed by atoms with Crippen molar-refractivity contribution in [2.75, 3.05) is 0 Å². The molecule has 0 aliphatic heterocycles. The predicted octanol–water partition coefficient (Wildman–Crippen LogP) is -4.32. The zero-order chi connectivity index (χ0) is 55.5. The lowest BCUT2D eigenvalue weighted by atomic mass is 9.96. The number of primary amides is 2. The Labute approximate surface area is 416 Å². The van der Waals surface area contributed by atoms with Crippen LogP contribution >= 0.6 is 0 Å². The number of aliphatic carboxylic acids is 5. The van der Waals surface area contributed by atoms with Crippen LogP contribution in [0, 0.1) is 5.92 Å². The molecule has 1 rings (SSSR count). The van der Waals surface area contributed by atoms with Gasteiger partial charge < -0.3 is 80.0 Å². The number of nitrogens with one attached hydrogen (secondary N) is 7. The summed E-state index contributed by atoms with van der Waals surface area (Å²) in [5.74, 6) is -18.7. The van der Waals surface area contributed by atoms with Crippen LogP contribution in [0.1, 0.15) is 96.5 Å². The Hall–Kier alpha value is -8.24. The fourth-order valence-electron chi connectivity index (χ4n) is 6.65. The Bertz CT molecular complexity index is 2180. The maximum atomic E-state index is 13.8. The van der Waals surface area contributed by atoms with Crippen LogP contribution in [0.3, 0.4) is 0 Å². The first-order valence-electron chi connectivity index (χ1n) is 22.7. The lowest BCUT2D eigenvalue weighted by Crippen LogP contribution is -2.61. The van der Waals surface area contributed by atoms with Gasteiger partial charge in [-0.25, -0.2) is 4.79 Å². The van der Waals surface area contributed by atoms with Crippen LogP contribution < -0.4 is 54.4 Å². The topological polar surface area (TPSA) is 502 Å². The molecule has 0 aliphatic carbocycles. The number of carbonyl (C=O) groups excluding carboxylic acids is 9. The Balaban J connectivity index is 3.52. The molecule has 1 aromatic carbocycles. The average molecular weight is 1040 g/mol. The molecule has 0 saturated heterocycles. The highest BCUT2D eigenvalue weighted by Gasteiger charge is 2.36. The van der Waals surface area contributed by atoms with Crippen molar-refractivity contribution in [1.82, 2.24) is 37.2 Å². The molecule has 29 nitrogen and oxygen atoms in total. The predicted molar refractivity (Wildman–Crippen MR) is 248 cm³/mol. The molecule has 0 aromatic heterocycles. The number of rotatable bonds is 36. The van der Waals surface area contributed by atoms with E-state index in [1.807, 2.05) is 5.32 Å². The van der Waals surface area contributed by atoms with E-state index in [-0.39, 0.29) is 6.42 Å². The molecule has 0 radical (unpaired) electrons. The Morgan fingerprint density at radius 3 is 1.15 bits per heavy atom. The van der Waals surface area contributed by atoms with Gasteiger partial charge in [-0.1, -0.05) is 50.6 Å². The van der Waals surface area contributed by atoms with Gasteiger partial charge in [0.15, 0.2) is 0 Å². The summed E-state index contributed by atoms with van der Waals surface area (Å²) in [6.07, 6.45) is -7.76. The highest BCUT2D eigenvalue weighted by molar-refractivity contribution is 5.99. The fraction of sp³-hybridized carbons (Fsp3) is 0.545. The van der Waals surface area contributed by atoms with E-state index in [4.69, 9.17) is 22.3 Å². The largest absolute Gasteiger partial charge is 0.481 e. The van der Waals surface area contributed by atoms with Gasteiger partial charge in [0, 0.05) is 32.1 Å². The molecular weight excluding hydrogens is 973 g/mol. The summed E-state index contributed by atoms with van der Waals surface area (Å²) in [7, 11) is 0. The molecule has 0 fully saturated rings. The highest BCUT2D eigenvalue weighted by Crippen LogP contribution is 2.13. The molecular formula is C44H64N10O19. The molecule has 9 atom stereocenters. The van der Waals surface area contributed by atoms with Gasteiger partial charge in [-0.05, 0) is 50.0 Å². The Kier molecular flexibility index (Phi) is 27.4. The third-order valence-electron chi connectivity index (χ3n) is 10.9. The molecule has 9 amide bonds. The van der Waals surface area contributed by atoms with Crippen molar-refractivity contribution in [2.24, 2.45) is 23.1 Å². The number of amides is 9. The van der Waals surface area contributed by atoms with Gasteiger partial charge >= 0.3 is 29.8 Å². The monoisotopic (exact) mass is 1040 g/mol. The molecule has 0 bridgehead atoms. The molecule has 73 heavy (non-hydrogen) atoms. The number of carboxylic acids is 5. The van der Waals surface area contributed by atoms with Gasteiger partial charge in [0.1, 0.15) is 42.3 Å². The van der Waals surface area contributed by atoms with E-state index in [9.17, 15) is 87.5 Å². The lowest BCUT2D eigenvalue weighted by molar-refractivity contribution is -0.144. The Morgan fingerprint density at radius 1 is 0.452 bits per heavy atom.